The molecule has 7 heteroatoms. The maximum Gasteiger partial charge on any atom is 0.338 e. The Bertz CT molecular complexity index is 513. The number of hydrogen-bond acceptors (Lipinski definition) is 6. The highest BCUT2D eigenvalue weighted by atomic mass is 32.2. The van der Waals surface area contributed by atoms with Crippen LogP contribution in [0.25, 0.3) is 0 Å². The number of ether oxygens (including phenoxy) is 2. The first-order chi connectivity index (χ1) is 9.61. The smallest absolute Gasteiger partial charge is 0.338 e. The van der Waals surface area contributed by atoms with Crippen LogP contribution >= 0.6 is 11.8 Å². The number of carbonyl (C=O) groups is 1. The third-order valence-corrected chi connectivity index (χ3v) is 4.22. The van der Waals surface area contributed by atoms with Gasteiger partial charge in [0.25, 0.3) is 5.69 Å². The third kappa shape index (κ3) is 3.49. The fraction of sp³-hybridized carbons (Fsp3) is 0.462. The van der Waals surface area contributed by atoms with Gasteiger partial charge in [-0.15, -0.1) is 11.8 Å². The molecule has 0 amide bonds. The Morgan fingerprint density at radius 3 is 3.00 bits per heavy atom. The Kier molecular flexibility index (Phi) is 4.97. The van der Waals surface area contributed by atoms with E-state index in [-0.39, 0.29) is 17.4 Å². The topological polar surface area (TPSA) is 78.7 Å². The summed E-state index contributed by atoms with van der Waals surface area (Å²) in [4.78, 5) is 22.5. The Hall–Kier alpha value is -1.60. The van der Waals surface area contributed by atoms with Crippen molar-refractivity contribution in [2.24, 2.45) is 0 Å². The van der Waals surface area contributed by atoms with Gasteiger partial charge in [-0.05, 0) is 25.0 Å². The summed E-state index contributed by atoms with van der Waals surface area (Å²) in [5, 5.41) is 11.1. The van der Waals surface area contributed by atoms with E-state index >= 15 is 0 Å². The average molecular weight is 297 g/mol. The number of methoxy groups -OCH3 is 1. The van der Waals surface area contributed by atoms with E-state index in [2.05, 4.69) is 4.74 Å². The standard InChI is InChI=1S/C13H15NO5S/c1-18-13(15)9-4-5-12(11(7-9)14(16)17)20-8-10-3-2-6-19-10/h4-5,7,10H,2-3,6,8H2,1H3/t10-/m0/s1. The molecule has 0 N–H and O–H groups in total. The van der Waals surface area contributed by atoms with Gasteiger partial charge in [-0.1, -0.05) is 0 Å². The zero-order valence-corrected chi connectivity index (χ0v) is 11.9. The van der Waals surface area contributed by atoms with E-state index in [0.717, 1.165) is 19.4 Å². The maximum absolute atomic E-state index is 11.4. The molecule has 108 valence electrons. The second-order valence-electron chi connectivity index (χ2n) is 4.38. The number of thioether (sulfide) groups is 1. The molecule has 1 fully saturated rings. The zero-order valence-electron chi connectivity index (χ0n) is 11.0. The van der Waals surface area contributed by atoms with Crippen molar-refractivity contribution in [3.63, 3.8) is 0 Å². The lowest BCUT2D eigenvalue weighted by molar-refractivity contribution is -0.387. The summed E-state index contributed by atoms with van der Waals surface area (Å²) >= 11 is 1.38. The van der Waals surface area contributed by atoms with E-state index in [0.29, 0.717) is 10.6 Å². The zero-order chi connectivity index (χ0) is 14.5. The minimum absolute atomic E-state index is 0.0732. The molecule has 0 unspecified atom stereocenters. The number of rotatable bonds is 5. The molecule has 1 aromatic rings. The largest absolute Gasteiger partial charge is 0.465 e. The van der Waals surface area contributed by atoms with Gasteiger partial charge >= 0.3 is 5.97 Å². The summed E-state index contributed by atoms with van der Waals surface area (Å²) in [7, 11) is 1.24. The van der Waals surface area contributed by atoms with E-state index < -0.39 is 10.9 Å². The van der Waals surface area contributed by atoms with Crippen molar-refractivity contribution >= 4 is 23.4 Å². The molecule has 6 nitrogen and oxygen atoms in total. The van der Waals surface area contributed by atoms with Gasteiger partial charge in [0.1, 0.15) is 0 Å². The molecule has 1 aliphatic heterocycles. The second-order valence-corrected chi connectivity index (χ2v) is 5.44. The van der Waals surface area contributed by atoms with Crippen LogP contribution in [0.3, 0.4) is 0 Å². The summed E-state index contributed by atoms with van der Waals surface area (Å²) in [5.41, 5.74) is 0.108. The van der Waals surface area contributed by atoms with E-state index in [1.165, 1.54) is 31.0 Å². The molecule has 0 aliphatic carbocycles. The summed E-state index contributed by atoms with van der Waals surface area (Å²) in [6, 6.07) is 4.38. The first-order valence-corrected chi connectivity index (χ1v) is 7.21. The van der Waals surface area contributed by atoms with Crippen molar-refractivity contribution in [1.82, 2.24) is 0 Å². The number of carbonyl (C=O) groups excluding carboxylic acids is 1. The van der Waals surface area contributed by atoms with Crippen LogP contribution < -0.4 is 0 Å². The summed E-state index contributed by atoms with van der Waals surface area (Å²) in [6.07, 6.45) is 2.18. The van der Waals surface area contributed by atoms with Crippen LogP contribution in [0, 0.1) is 10.1 Å². The number of nitro groups is 1. The molecule has 0 aromatic heterocycles. The van der Waals surface area contributed by atoms with Crippen LogP contribution in [0.5, 0.6) is 0 Å². The SMILES string of the molecule is COC(=O)c1ccc(SC[C@@H]2CCCO2)c([N+](=O)[O-])c1. The molecule has 0 spiro atoms. The van der Waals surface area contributed by atoms with Crippen LogP contribution in [0.1, 0.15) is 23.2 Å². The first kappa shape index (κ1) is 14.8. The molecule has 1 atom stereocenters. The van der Waals surface area contributed by atoms with Crippen LogP contribution in [-0.2, 0) is 9.47 Å². The maximum atomic E-state index is 11.4. The van der Waals surface area contributed by atoms with E-state index in [1.807, 2.05) is 0 Å². The Balaban J connectivity index is 2.14. The molecule has 20 heavy (non-hydrogen) atoms. The number of hydrogen-bond donors (Lipinski definition) is 0. The monoisotopic (exact) mass is 297 g/mol. The predicted octanol–water partition coefficient (Wildman–Crippen LogP) is 2.65. The second kappa shape index (κ2) is 6.71. The lowest BCUT2D eigenvalue weighted by Crippen LogP contribution is -2.08. The fourth-order valence-corrected chi connectivity index (χ4v) is 3.06. The van der Waals surface area contributed by atoms with Gasteiger partial charge in [0.05, 0.1) is 28.6 Å². The van der Waals surface area contributed by atoms with E-state index in [9.17, 15) is 14.9 Å². The van der Waals surface area contributed by atoms with E-state index in [1.54, 1.807) is 6.07 Å². The minimum atomic E-state index is -0.580. The van der Waals surface area contributed by atoms with Gasteiger partial charge < -0.3 is 9.47 Å². The van der Waals surface area contributed by atoms with Crippen LogP contribution in [-0.4, -0.2) is 36.5 Å². The van der Waals surface area contributed by atoms with Gasteiger partial charge in [0.15, 0.2) is 0 Å². The van der Waals surface area contributed by atoms with Crippen molar-refractivity contribution in [3.05, 3.63) is 33.9 Å². The highest BCUT2D eigenvalue weighted by Gasteiger charge is 2.21. The van der Waals surface area contributed by atoms with Gasteiger partial charge in [-0.25, -0.2) is 4.79 Å². The van der Waals surface area contributed by atoms with Crippen molar-refractivity contribution in [3.8, 4) is 0 Å². The van der Waals surface area contributed by atoms with Gasteiger partial charge in [0, 0.05) is 18.4 Å². The Labute approximate surface area is 120 Å². The van der Waals surface area contributed by atoms with Gasteiger partial charge in [-0.3, -0.25) is 10.1 Å². The highest BCUT2D eigenvalue weighted by molar-refractivity contribution is 7.99. The molecule has 1 aromatic carbocycles. The van der Waals surface area contributed by atoms with Gasteiger partial charge in [0.2, 0.25) is 0 Å². The summed E-state index contributed by atoms with van der Waals surface area (Å²) in [5.74, 6) is 0.0991. The number of esters is 1. The highest BCUT2D eigenvalue weighted by Crippen LogP contribution is 2.32. The molecular weight excluding hydrogens is 282 g/mol. The molecule has 1 saturated heterocycles. The van der Waals surface area contributed by atoms with Crippen molar-refractivity contribution in [1.29, 1.82) is 0 Å². The lowest BCUT2D eigenvalue weighted by Gasteiger charge is -2.09. The van der Waals surface area contributed by atoms with Gasteiger partial charge in [-0.2, -0.15) is 0 Å². The molecule has 1 heterocycles. The van der Waals surface area contributed by atoms with Crippen molar-refractivity contribution < 1.29 is 19.2 Å². The van der Waals surface area contributed by atoms with Crippen LogP contribution in [0.2, 0.25) is 0 Å². The molecular formula is C13H15NO5S. The molecule has 0 saturated carbocycles. The minimum Gasteiger partial charge on any atom is -0.465 e. The van der Waals surface area contributed by atoms with Crippen molar-refractivity contribution in [2.45, 2.75) is 23.8 Å². The number of benzene rings is 1. The first-order valence-electron chi connectivity index (χ1n) is 6.23. The van der Waals surface area contributed by atoms with Crippen molar-refractivity contribution in [2.75, 3.05) is 19.5 Å². The lowest BCUT2D eigenvalue weighted by atomic mass is 10.2. The summed E-state index contributed by atoms with van der Waals surface area (Å²) in [6.45, 7) is 0.759. The Morgan fingerprint density at radius 1 is 1.60 bits per heavy atom. The quantitative estimate of drug-likeness (QED) is 0.360. The van der Waals surface area contributed by atoms with E-state index in [4.69, 9.17) is 4.74 Å². The summed E-state index contributed by atoms with van der Waals surface area (Å²) < 4.78 is 10.1. The normalized spacial score (nSPS) is 17.9. The third-order valence-electron chi connectivity index (χ3n) is 3.03. The molecule has 1 aliphatic rings. The van der Waals surface area contributed by atoms with Crippen LogP contribution in [0.4, 0.5) is 5.69 Å². The fourth-order valence-electron chi connectivity index (χ4n) is 1.99. The van der Waals surface area contributed by atoms with Crippen LogP contribution in [0.15, 0.2) is 23.1 Å². The number of nitro benzene ring substituents is 1. The number of nitrogens with zero attached hydrogens (tertiary/aromatic N) is 1. The molecule has 2 rings (SSSR count). The average Bonchev–Trinajstić information content (AvgIpc) is 2.97. The molecule has 0 bridgehead atoms. The Morgan fingerprint density at radius 2 is 2.40 bits per heavy atom. The predicted molar refractivity (Wildman–Crippen MR) is 74.1 cm³/mol. The molecule has 0 radical (unpaired) electrons.